The van der Waals surface area contributed by atoms with Crippen LogP contribution in [0.5, 0.6) is 0 Å². The van der Waals surface area contributed by atoms with Crippen LogP contribution in [0.1, 0.15) is 56.7 Å². The van der Waals surface area contributed by atoms with E-state index in [0.717, 1.165) is 36.8 Å². The second-order valence-electron chi connectivity index (χ2n) is 6.43. The smallest absolute Gasteiger partial charge is 0.204 e. The summed E-state index contributed by atoms with van der Waals surface area (Å²) >= 11 is 0. The van der Waals surface area contributed by atoms with Gasteiger partial charge in [0.1, 0.15) is 0 Å². The van der Waals surface area contributed by atoms with Crippen LogP contribution in [0.15, 0.2) is 59.7 Å². The van der Waals surface area contributed by atoms with Gasteiger partial charge in [-0.2, -0.15) is 0 Å². The van der Waals surface area contributed by atoms with Crippen molar-refractivity contribution in [1.29, 1.82) is 10.8 Å². The molecule has 1 atom stereocenters. The van der Waals surface area contributed by atoms with Crippen molar-refractivity contribution in [1.82, 2.24) is 5.43 Å². The lowest BCUT2D eigenvalue weighted by atomic mass is 9.97. The van der Waals surface area contributed by atoms with Gasteiger partial charge < -0.3 is 10.5 Å². The lowest BCUT2D eigenvalue weighted by Crippen LogP contribution is -2.21. The Balaban J connectivity index is 0.00000106. The zero-order chi connectivity index (χ0) is 22.4. The van der Waals surface area contributed by atoms with Crippen LogP contribution in [-0.4, -0.2) is 30.6 Å². The highest BCUT2D eigenvalue weighted by Gasteiger charge is 2.15. The number of nitrogens with zero attached hydrogens (tertiary/aromatic N) is 1. The lowest BCUT2D eigenvalue weighted by Gasteiger charge is -2.11. The molecule has 0 bridgehead atoms. The Labute approximate surface area is 180 Å². The third kappa shape index (κ3) is 7.79. The minimum atomic E-state index is 0.000794. The third-order valence-electron chi connectivity index (χ3n) is 4.39. The number of hydrogen-bond acceptors (Lipinski definition) is 6. The highest BCUT2D eigenvalue weighted by atomic mass is 16.5. The van der Waals surface area contributed by atoms with Gasteiger partial charge in [-0.3, -0.25) is 16.2 Å². The summed E-state index contributed by atoms with van der Waals surface area (Å²) in [6, 6.07) is 17.4. The fourth-order valence-electron chi connectivity index (χ4n) is 2.98. The first-order valence-corrected chi connectivity index (χ1v) is 10.5. The number of benzene rings is 2. The van der Waals surface area contributed by atoms with Crippen LogP contribution >= 0.6 is 0 Å². The van der Waals surface area contributed by atoms with Gasteiger partial charge in [0, 0.05) is 24.5 Å². The number of nitrogens with one attached hydrogen (secondary N) is 3. The summed E-state index contributed by atoms with van der Waals surface area (Å²) in [5, 5.41) is 20.6. The van der Waals surface area contributed by atoms with Crippen LogP contribution in [0.3, 0.4) is 0 Å². The number of rotatable bonds is 8. The maximum Gasteiger partial charge on any atom is 0.204 e. The molecule has 1 aliphatic heterocycles. The molecule has 1 aliphatic rings. The van der Waals surface area contributed by atoms with Crippen LogP contribution in [0.25, 0.3) is 0 Å². The maximum atomic E-state index is 8.35. The third-order valence-corrected chi connectivity index (χ3v) is 4.39. The van der Waals surface area contributed by atoms with E-state index in [1.165, 1.54) is 12.6 Å². The summed E-state index contributed by atoms with van der Waals surface area (Å²) < 4.78 is 5.52. The van der Waals surface area contributed by atoms with Crippen LogP contribution in [0.4, 0.5) is 0 Å². The largest absolute Gasteiger partial charge is 0.455 e. The molecule has 6 nitrogen and oxygen atoms in total. The van der Waals surface area contributed by atoms with Gasteiger partial charge in [-0.05, 0) is 37.9 Å². The summed E-state index contributed by atoms with van der Waals surface area (Å²) in [6.45, 7) is 5.85. The molecule has 6 heteroatoms. The Morgan fingerprint density at radius 1 is 0.967 bits per heavy atom. The highest BCUT2D eigenvalue weighted by Crippen LogP contribution is 2.14. The fraction of sp³-hybridized carbons (Fsp3) is 0.375. The molecule has 2 aromatic carbocycles. The number of hydrazone groups is 1. The van der Waals surface area contributed by atoms with Crippen LogP contribution in [0, 0.1) is 10.8 Å². The molecule has 0 aliphatic carbocycles. The van der Waals surface area contributed by atoms with E-state index in [-0.39, 0.29) is 17.7 Å². The van der Waals surface area contributed by atoms with Gasteiger partial charge >= 0.3 is 0 Å². The quantitative estimate of drug-likeness (QED) is 0.374. The summed E-state index contributed by atoms with van der Waals surface area (Å²) in [5.74, 6) is 0.696. The molecule has 1 heterocycles. The van der Waals surface area contributed by atoms with Crippen molar-refractivity contribution in [3.05, 3.63) is 71.3 Å². The molecule has 2 aromatic rings. The van der Waals surface area contributed by atoms with Crippen molar-refractivity contribution in [2.75, 3.05) is 7.05 Å². The standard InChI is InChI=1S/C21H24N4O.C2H6.CH5N/c1-15-24-25-19(26-15)13-6-5-8-16-9-7-12-18(14-16)21(23)20(22)17-10-3-2-4-11-17;2*1-2/h2-4,7,9-12,14,19,22-23,25H,5-6,8,13H2,1H3;1-2H3;2H2,1H3. The van der Waals surface area contributed by atoms with Crippen molar-refractivity contribution in [3.8, 4) is 0 Å². The first-order chi connectivity index (χ1) is 14.6. The van der Waals surface area contributed by atoms with Crippen molar-refractivity contribution in [2.45, 2.75) is 52.7 Å². The van der Waals surface area contributed by atoms with E-state index in [0.29, 0.717) is 5.90 Å². The van der Waals surface area contributed by atoms with Crippen molar-refractivity contribution < 1.29 is 4.74 Å². The molecule has 0 radical (unpaired) electrons. The van der Waals surface area contributed by atoms with E-state index in [1.54, 1.807) is 0 Å². The Kier molecular flexibility index (Phi) is 11.7. The lowest BCUT2D eigenvalue weighted by molar-refractivity contribution is 0.171. The first kappa shape index (κ1) is 25.0. The maximum absolute atomic E-state index is 8.35. The minimum Gasteiger partial charge on any atom is -0.455 e. The molecule has 30 heavy (non-hydrogen) atoms. The minimum absolute atomic E-state index is 0.000794. The Hall–Kier alpha value is -2.99. The molecule has 1 unspecified atom stereocenters. The first-order valence-electron chi connectivity index (χ1n) is 10.5. The van der Waals surface area contributed by atoms with Gasteiger partial charge in [0.05, 0.1) is 11.4 Å². The normalized spacial score (nSPS) is 14.0. The van der Waals surface area contributed by atoms with Crippen molar-refractivity contribution in [3.63, 3.8) is 0 Å². The molecule has 162 valence electrons. The number of nitrogens with two attached hydrogens (primary N) is 1. The van der Waals surface area contributed by atoms with E-state index in [4.69, 9.17) is 15.6 Å². The van der Waals surface area contributed by atoms with Crippen LogP contribution in [0.2, 0.25) is 0 Å². The second-order valence-corrected chi connectivity index (χ2v) is 6.43. The molecule has 5 N–H and O–H groups in total. The Morgan fingerprint density at radius 2 is 1.60 bits per heavy atom. The summed E-state index contributed by atoms with van der Waals surface area (Å²) in [7, 11) is 1.50. The topological polar surface area (TPSA) is 107 Å². The number of unbranched alkanes of at least 4 members (excludes halogenated alkanes) is 1. The predicted octanol–water partition coefficient (Wildman–Crippen LogP) is 4.72. The van der Waals surface area contributed by atoms with E-state index >= 15 is 0 Å². The van der Waals surface area contributed by atoms with Gasteiger partial charge in [0.15, 0.2) is 6.23 Å². The molecular weight excluding hydrogens is 374 g/mol. The SMILES string of the molecule is CC.CC1=NNC(CCCCc2cccc(C(=N)C(=N)c3ccccc3)c2)O1.CN. The van der Waals surface area contributed by atoms with Gasteiger partial charge in [-0.15, -0.1) is 5.10 Å². The number of ether oxygens (including phenoxy) is 1. The van der Waals surface area contributed by atoms with Crippen molar-refractivity contribution in [2.24, 2.45) is 10.8 Å². The molecule has 0 fully saturated rings. The van der Waals surface area contributed by atoms with E-state index in [9.17, 15) is 0 Å². The van der Waals surface area contributed by atoms with E-state index in [1.807, 2.05) is 69.3 Å². The molecular formula is C24H35N5O. The van der Waals surface area contributed by atoms with Crippen LogP contribution in [-0.2, 0) is 11.2 Å². The molecule has 0 spiro atoms. The molecule has 0 aromatic heterocycles. The average molecular weight is 410 g/mol. The van der Waals surface area contributed by atoms with Gasteiger partial charge in [0.25, 0.3) is 0 Å². The molecule has 3 rings (SSSR count). The zero-order valence-corrected chi connectivity index (χ0v) is 18.5. The molecule has 0 saturated carbocycles. The molecule has 0 saturated heterocycles. The van der Waals surface area contributed by atoms with Crippen molar-refractivity contribution >= 4 is 17.3 Å². The zero-order valence-electron chi connectivity index (χ0n) is 18.5. The number of aryl methyl sites for hydroxylation is 1. The molecule has 0 amide bonds. The van der Waals surface area contributed by atoms with E-state index < -0.39 is 0 Å². The summed E-state index contributed by atoms with van der Waals surface area (Å²) in [4.78, 5) is 0. The summed E-state index contributed by atoms with van der Waals surface area (Å²) in [5.41, 5.74) is 10.7. The Morgan fingerprint density at radius 3 is 2.23 bits per heavy atom. The Bertz CT molecular complexity index is 817. The number of hydrogen-bond donors (Lipinski definition) is 4. The second kappa shape index (κ2) is 14.1. The van der Waals surface area contributed by atoms with Gasteiger partial charge in [0.2, 0.25) is 5.90 Å². The average Bonchev–Trinajstić information content (AvgIpc) is 3.24. The highest BCUT2D eigenvalue weighted by molar-refractivity contribution is 6.51. The van der Waals surface area contributed by atoms with Gasteiger partial charge in [-0.25, -0.2) is 0 Å². The van der Waals surface area contributed by atoms with Crippen LogP contribution < -0.4 is 11.2 Å². The summed E-state index contributed by atoms with van der Waals surface area (Å²) in [6.07, 6.45) is 3.97. The van der Waals surface area contributed by atoms with E-state index in [2.05, 4.69) is 22.3 Å². The fourth-order valence-corrected chi connectivity index (χ4v) is 2.98. The van der Waals surface area contributed by atoms with Gasteiger partial charge in [-0.1, -0.05) is 62.4 Å². The monoisotopic (exact) mass is 409 g/mol. The predicted molar refractivity (Wildman–Crippen MR) is 127 cm³/mol.